The summed E-state index contributed by atoms with van der Waals surface area (Å²) >= 11 is 0. The van der Waals surface area contributed by atoms with Gasteiger partial charge in [-0.2, -0.15) is 0 Å². The highest BCUT2D eigenvalue weighted by molar-refractivity contribution is 7.84. The van der Waals surface area contributed by atoms with Crippen LogP contribution in [0.2, 0.25) is 0 Å². The van der Waals surface area contributed by atoms with Crippen molar-refractivity contribution in [2.24, 2.45) is 0 Å². The molecule has 0 spiro atoms. The zero-order chi connectivity index (χ0) is 15.0. The molecule has 0 aliphatic carbocycles. The largest absolute Gasteiger partial charge is 0.394 e. The van der Waals surface area contributed by atoms with E-state index in [1.165, 1.54) is 4.90 Å². The van der Waals surface area contributed by atoms with Crippen molar-refractivity contribution in [3.05, 3.63) is 35.9 Å². The Bertz CT molecular complexity index is 439. The van der Waals surface area contributed by atoms with Gasteiger partial charge in [-0.15, -0.1) is 0 Å². The fourth-order valence-electron chi connectivity index (χ4n) is 1.55. The zero-order valence-corrected chi connectivity index (χ0v) is 12.7. The minimum atomic E-state index is -0.996. The number of benzene rings is 1. The smallest absolute Gasteiger partial charge is 0.317 e. The number of aliphatic hydroxyl groups is 1. The predicted octanol–water partition coefficient (Wildman–Crippen LogP) is 0.958. The summed E-state index contributed by atoms with van der Waals surface area (Å²) in [5.41, 5.74) is 1.03. The average molecular weight is 298 g/mol. The highest BCUT2D eigenvalue weighted by Crippen LogP contribution is 2.02. The molecule has 0 heterocycles. The lowest BCUT2D eigenvalue weighted by atomic mass is 10.2. The first-order chi connectivity index (χ1) is 9.54. The Labute approximate surface area is 122 Å². The number of nitrogens with zero attached hydrogens (tertiary/aromatic N) is 1. The number of hydrogen-bond donors (Lipinski definition) is 2. The molecule has 0 radical (unpaired) electrons. The first-order valence-electron chi connectivity index (χ1n) is 6.55. The Balaban J connectivity index is 2.27. The lowest BCUT2D eigenvalue weighted by molar-refractivity contribution is 0.158. The van der Waals surface area contributed by atoms with Gasteiger partial charge in [-0.25, -0.2) is 4.79 Å². The molecular weight excluding hydrogens is 276 g/mol. The van der Waals surface area contributed by atoms with Gasteiger partial charge in [-0.3, -0.25) is 4.21 Å². The second kappa shape index (κ2) is 8.71. The summed E-state index contributed by atoms with van der Waals surface area (Å²) in [6.45, 7) is 2.04. The van der Waals surface area contributed by atoms with Crippen molar-refractivity contribution in [1.82, 2.24) is 10.2 Å². The van der Waals surface area contributed by atoms with Crippen LogP contribution in [0.25, 0.3) is 0 Å². The summed E-state index contributed by atoms with van der Waals surface area (Å²) in [5.74, 6) is 0.918. The van der Waals surface area contributed by atoms with E-state index < -0.39 is 10.8 Å². The molecule has 1 aromatic carbocycles. The molecule has 0 saturated carbocycles. The minimum absolute atomic E-state index is 0.0795. The molecule has 2 atom stereocenters. The molecule has 0 fully saturated rings. The summed E-state index contributed by atoms with van der Waals surface area (Å²) in [5, 5.41) is 11.7. The number of aliphatic hydroxyl groups excluding tert-OH is 1. The van der Waals surface area contributed by atoms with E-state index in [9.17, 15) is 9.00 Å². The molecule has 6 heteroatoms. The maximum absolute atomic E-state index is 11.9. The molecule has 5 nitrogen and oxygen atoms in total. The van der Waals surface area contributed by atoms with Crippen LogP contribution in [-0.2, 0) is 16.6 Å². The summed E-state index contributed by atoms with van der Waals surface area (Å²) in [6, 6.07) is 9.14. The summed E-state index contributed by atoms with van der Waals surface area (Å²) < 4.78 is 11.9. The maximum atomic E-state index is 11.9. The van der Waals surface area contributed by atoms with E-state index in [2.05, 4.69) is 5.32 Å². The van der Waals surface area contributed by atoms with Crippen LogP contribution in [0.5, 0.6) is 0 Å². The fraction of sp³-hybridized carbons (Fsp3) is 0.500. The van der Waals surface area contributed by atoms with E-state index in [-0.39, 0.29) is 18.7 Å². The van der Waals surface area contributed by atoms with Crippen LogP contribution in [0.1, 0.15) is 12.5 Å². The van der Waals surface area contributed by atoms with Crippen LogP contribution in [-0.4, -0.2) is 52.2 Å². The van der Waals surface area contributed by atoms with Crippen LogP contribution < -0.4 is 5.32 Å². The summed E-state index contributed by atoms with van der Waals surface area (Å²) in [7, 11) is 0.626. The van der Waals surface area contributed by atoms with Crippen molar-refractivity contribution in [2.75, 3.05) is 26.0 Å². The molecule has 0 bridgehead atoms. The van der Waals surface area contributed by atoms with Gasteiger partial charge in [0.2, 0.25) is 0 Å². The van der Waals surface area contributed by atoms with E-state index in [4.69, 9.17) is 5.11 Å². The van der Waals surface area contributed by atoms with Crippen LogP contribution in [0.4, 0.5) is 4.79 Å². The first-order valence-corrected chi connectivity index (χ1v) is 8.03. The van der Waals surface area contributed by atoms with Gasteiger partial charge in [0.1, 0.15) is 0 Å². The van der Waals surface area contributed by atoms with Gasteiger partial charge in [0.05, 0.1) is 12.6 Å². The van der Waals surface area contributed by atoms with E-state index in [1.807, 2.05) is 30.3 Å². The molecule has 1 aromatic rings. The fourth-order valence-corrected chi connectivity index (χ4v) is 2.59. The van der Waals surface area contributed by atoms with Crippen molar-refractivity contribution in [1.29, 1.82) is 0 Å². The molecule has 2 unspecified atom stereocenters. The van der Waals surface area contributed by atoms with Gasteiger partial charge in [-0.1, -0.05) is 30.3 Å². The van der Waals surface area contributed by atoms with E-state index in [0.717, 1.165) is 5.56 Å². The topological polar surface area (TPSA) is 69.6 Å². The second-order valence-corrected chi connectivity index (χ2v) is 6.22. The lowest BCUT2D eigenvalue weighted by Gasteiger charge is -2.23. The third kappa shape index (κ3) is 5.71. The third-order valence-corrected chi connectivity index (χ3v) is 4.34. The Morgan fingerprint density at radius 1 is 1.40 bits per heavy atom. The van der Waals surface area contributed by atoms with Crippen LogP contribution in [0, 0.1) is 0 Å². The Morgan fingerprint density at radius 2 is 2.05 bits per heavy atom. The molecule has 0 saturated heterocycles. The second-order valence-electron chi connectivity index (χ2n) is 4.65. The van der Waals surface area contributed by atoms with Gasteiger partial charge in [-0.05, 0) is 12.5 Å². The van der Waals surface area contributed by atoms with Gasteiger partial charge >= 0.3 is 6.03 Å². The molecule has 0 aliphatic rings. The summed E-state index contributed by atoms with van der Waals surface area (Å²) in [4.78, 5) is 13.1. The van der Waals surface area contributed by atoms with Crippen LogP contribution >= 0.6 is 0 Å². The number of rotatable bonds is 7. The Morgan fingerprint density at radius 3 is 2.65 bits per heavy atom. The standard InChI is InChI=1S/C14H22N2O3S/c1-12(10-17)16(2)14(18)15-8-9-20(19)11-13-6-4-3-5-7-13/h3-7,12,17H,8-11H2,1-2H3,(H,15,18). The maximum Gasteiger partial charge on any atom is 0.317 e. The van der Waals surface area contributed by atoms with E-state index >= 15 is 0 Å². The number of nitrogens with one attached hydrogen (secondary N) is 1. The van der Waals surface area contributed by atoms with Crippen molar-refractivity contribution in [2.45, 2.75) is 18.7 Å². The molecule has 2 amide bonds. The zero-order valence-electron chi connectivity index (χ0n) is 11.9. The van der Waals surface area contributed by atoms with Gasteiger partial charge in [0, 0.05) is 35.9 Å². The number of urea groups is 1. The average Bonchev–Trinajstić information content (AvgIpc) is 2.46. The molecular formula is C14H22N2O3S. The molecule has 0 aliphatic heterocycles. The number of hydrogen-bond acceptors (Lipinski definition) is 3. The van der Waals surface area contributed by atoms with Crippen LogP contribution in [0.15, 0.2) is 30.3 Å². The van der Waals surface area contributed by atoms with Gasteiger partial charge < -0.3 is 15.3 Å². The third-order valence-electron chi connectivity index (χ3n) is 3.02. The minimum Gasteiger partial charge on any atom is -0.394 e. The van der Waals surface area contributed by atoms with Gasteiger partial charge in [0.15, 0.2) is 0 Å². The van der Waals surface area contributed by atoms with Crippen LogP contribution in [0.3, 0.4) is 0 Å². The number of carbonyl (C=O) groups is 1. The highest BCUT2D eigenvalue weighted by atomic mass is 32.2. The molecule has 1 rings (SSSR count). The van der Waals surface area contributed by atoms with Crippen molar-refractivity contribution in [3.8, 4) is 0 Å². The lowest BCUT2D eigenvalue weighted by Crippen LogP contribution is -2.44. The quantitative estimate of drug-likeness (QED) is 0.787. The van der Waals surface area contributed by atoms with Crippen molar-refractivity contribution < 1.29 is 14.1 Å². The van der Waals surface area contributed by atoms with E-state index in [1.54, 1.807) is 14.0 Å². The van der Waals surface area contributed by atoms with Crippen molar-refractivity contribution >= 4 is 16.8 Å². The molecule has 2 N–H and O–H groups in total. The number of carbonyl (C=O) groups excluding carboxylic acids is 1. The normalized spacial score (nSPS) is 13.6. The Hall–Kier alpha value is -1.40. The SMILES string of the molecule is CC(CO)N(C)C(=O)NCCS(=O)Cc1ccccc1. The molecule has 112 valence electrons. The summed E-state index contributed by atoms with van der Waals surface area (Å²) in [6.07, 6.45) is 0. The van der Waals surface area contributed by atoms with E-state index in [0.29, 0.717) is 18.1 Å². The molecule has 20 heavy (non-hydrogen) atoms. The number of amides is 2. The number of likely N-dealkylation sites (N-methyl/N-ethyl adjacent to an activating group) is 1. The molecule has 0 aromatic heterocycles. The van der Waals surface area contributed by atoms with Gasteiger partial charge in [0.25, 0.3) is 0 Å². The predicted molar refractivity (Wildman–Crippen MR) is 80.9 cm³/mol. The monoisotopic (exact) mass is 298 g/mol. The highest BCUT2D eigenvalue weighted by Gasteiger charge is 2.14. The first kappa shape index (κ1) is 16.7. The van der Waals surface area contributed by atoms with Crippen molar-refractivity contribution in [3.63, 3.8) is 0 Å². The Kier molecular flexibility index (Phi) is 7.25.